The minimum atomic E-state index is -0.533. The number of amides is 1. The van der Waals surface area contributed by atoms with Gasteiger partial charge in [-0.2, -0.15) is 10.1 Å². The molecule has 0 fully saturated rings. The maximum absolute atomic E-state index is 12.3. The van der Waals surface area contributed by atoms with E-state index < -0.39 is 10.8 Å². The van der Waals surface area contributed by atoms with Crippen LogP contribution in [-0.4, -0.2) is 37.4 Å². The molecule has 3 rings (SSSR count). The van der Waals surface area contributed by atoms with Crippen LogP contribution in [0.5, 0.6) is 5.75 Å². The van der Waals surface area contributed by atoms with Crippen LogP contribution in [0.25, 0.3) is 0 Å². The van der Waals surface area contributed by atoms with Gasteiger partial charge < -0.3 is 14.6 Å². The van der Waals surface area contributed by atoms with E-state index in [1.54, 1.807) is 13.8 Å². The summed E-state index contributed by atoms with van der Waals surface area (Å²) >= 11 is 0. The van der Waals surface area contributed by atoms with Gasteiger partial charge >= 0.3 is 17.5 Å². The minimum absolute atomic E-state index is 0.0461. The Kier molecular flexibility index (Phi) is 5.86. The summed E-state index contributed by atoms with van der Waals surface area (Å²) in [6, 6.07) is 7.37. The Labute approximate surface area is 165 Å². The van der Waals surface area contributed by atoms with E-state index in [1.807, 2.05) is 31.2 Å². The summed E-state index contributed by atoms with van der Waals surface area (Å²) in [5, 5.41) is 21.7. The van der Waals surface area contributed by atoms with Gasteiger partial charge in [0, 0.05) is 12.1 Å². The van der Waals surface area contributed by atoms with Crippen molar-refractivity contribution >= 4 is 11.6 Å². The standard InChI is InChI=1S/C18H20N6O5/c1-4-28-14-8-6-5-7-13(14)9-19-17(25)18-20-15(22-29-18)10-23-12(3)16(24(26)27)11(2)21-23/h5-8H,4,9-10H2,1-3H3,(H,19,25). The highest BCUT2D eigenvalue weighted by molar-refractivity contribution is 5.89. The molecule has 1 N–H and O–H groups in total. The van der Waals surface area contributed by atoms with Crippen LogP contribution in [0.2, 0.25) is 0 Å². The smallest absolute Gasteiger partial charge is 0.316 e. The lowest BCUT2D eigenvalue weighted by atomic mass is 10.2. The van der Waals surface area contributed by atoms with E-state index in [9.17, 15) is 14.9 Å². The Balaban J connectivity index is 1.67. The second kappa shape index (κ2) is 8.50. The van der Waals surface area contributed by atoms with Crippen molar-refractivity contribution < 1.29 is 19.0 Å². The molecule has 2 heterocycles. The zero-order chi connectivity index (χ0) is 21.0. The van der Waals surface area contributed by atoms with Crippen molar-refractivity contribution in [3.8, 4) is 5.75 Å². The van der Waals surface area contributed by atoms with Crippen molar-refractivity contribution in [1.82, 2.24) is 25.2 Å². The van der Waals surface area contributed by atoms with Gasteiger partial charge in [0.05, 0.1) is 11.5 Å². The van der Waals surface area contributed by atoms with Crippen molar-refractivity contribution in [3.63, 3.8) is 0 Å². The Bertz CT molecular complexity index is 1040. The van der Waals surface area contributed by atoms with Crippen LogP contribution < -0.4 is 10.1 Å². The first kappa shape index (κ1) is 20.0. The van der Waals surface area contributed by atoms with E-state index in [0.717, 1.165) is 5.56 Å². The molecule has 11 nitrogen and oxygen atoms in total. The molecule has 0 bridgehead atoms. The Morgan fingerprint density at radius 1 is 1.34 bits per heavy atom. The van der Waals surface area contributed by atoms with Crippen molar-refractivity contribution in [2.24, 2.45) is 0 Å². The normalized spacial score (nSPS) is 10.7. The highest BCUT2D eigenvalue weighted by Gasteiger charge is 2.23. The fraction of sp³-hybridized carbons (Fsp3) is 0.333. The molecule has 0 aliphatic rings. The Hall–Kier alpha value is -3.76. The van der Waals surface area contributed by atoms with Gasteiger partial charge in [-0.1, -0.05) is 23.4 Å². The lowest BCUT2D eigenvalue weighted by molar-refractivity contribution is -0.386. The molecule has 1 aromatic carbocycles. The highest BCUT2D eigenvalue weighted by atomic mass is 16.6. The van der Waals surface area contributed by atoms with Gasteiger partial charge in [-0.05, 0) is 26.8 Å². The molecule has 1 amide bonds. The summed E-state index contributed by atoms with van der Waals surface area (Å²) in [6.07, 6.45) is 0. The van der Waals surface area contributed by atoms with Crippen LogP contribution >= 0.6 is 0 Å². The van der Waals surface area contributed by atoms with Crippen LogP contribution in [0, 0.1) is 24.0 Å². The molecule has 0 saturated heterocycles. The molecule has 0 spiro atoms. The molecule has 0 saturated carbocycles. The number of hydrogen-bond acceptors (Lipinski definition) is 8. The Morgan fingerprint density at radius 2 is 2.10 bits per heavy atom. The quantitative estimate of drug-likeness (QED) is 0.448. The number of carbonyl (C=O) groups is 1. The van der Waals surface area contributed by atoms with E-state index in [-0.39, 0.29) is 30.5 Å². The fourth-order valence-electron chi connectivity index (χ4n) is 2.85. The second-order valence-corrected chi connectivity index (χ2v) is 6.17. The average molecular weight is 400 g/mol. The number of nitro groups is 1. The molecular weight excluding hydrogens is 380 g/mol. The monoisotopic (exact) mass is 400 g/mol. The van der Waals surface area contributed by atoms with Gasteiger partial charge in [0.25, 0.3) is 0 Å². The summed E-state index contributed by atoms with van der Waals surface area (Å²) in [4.78, 5) is 27.0. The minimum Gasteiger partial charge on any atom is -0.494 e. The maximum Gasteiger partial charge on any atom is 0.316 e. The van der Waals surface area contributed by atoms with E-state index in [2.05, 4.69) is 20.6 Å². The molecule has 2 aromatic heterocycles. The van der Waals surface area contributed by atoms with Crippen LogP contribution in [0.15, 0.2) is 28.8 Å². The Morgan fingerprint density at radius 3 is 2.79 bits per heavy atom. The predicted octanol–water partition coefficient (Wildman–Crippen LogP) is 2.17. The molecular formula is C18H20N6O5. The van der Waals surface area contributed by atoms with Gasteiger partial charge in [0.2, 0.25) is 0 Å². The molecule has 29 heavy (non-hydrogen) atoms. The molecule has 152 valence electrons. The number of carbonyl (C=O) groups excluding carboxylic acids is 1. The number of aryl methyl sites for hydroxylation is 1. The van der Waals surface area contributed by atoms with Gasteiger partial charge in [-0.25, -0.2) is 0 Å². The molecule has 0 aliphatic carbocycles. The number of nitrogens with one attached hydrogen (secondary N) is 1. The first-order chi connectivity index (χ1) is 13.9. The summed E-state index contributed by atoms with van der Waals surface area (Å²) < 4.78 is 11.9. The van der Waals surface area contributed by atoms with E-state index in [0.29, 0.717) is 23.7 Å². The lowest BCUT2D eigenvalue weighted by Gasteiger charge is -2.09. The summed E-state index contributed by atoms with van der Waals surface area (Å²) in [6.45, 7) is 5.81. The zero-order valence-electron chi connectivity index (χ0n) is 16.2. The van der Waals surface area contributed by atoms with E-state index >= 15 is 0 Å². The average Bonchev–Trinajstić information content (AvgIpc) is 3.25. The lowest BCUT2D eigenvalue weighted by Crippen LogP contribution is -2.23. The molecule has 0 unspecified atom stereocenters. The summed E-state index contributed by atoms with van der Waals surface area (Å²) in [7, 11) is 0. The van der Waals surface area contributed by atoms with Crippen molar-refractivity contribution in [2.45, 2.75) is 33.9 Å². The van der Waals surface area contributed by atoms with Crippen LogP contribution in [0.1, 0.15) is 40.4 Å². The third-order valence-corrected chi connectivity index (χ3v) is 4.19. The fourth-order valence-corrected chi connectivity index (χ4v) is 2.85. The van der Waals surface area contributed by atoms with Crippen molar-refractivity contribution in [3.05, 3.63) is 63.0 Å². The van der Waals surface area contributed by atoms with Gasteiger partial charge in [0.15, 0.2) is 5.82 Å². The van der Waals surface area contributed by atoms with Gasteiger partial charge in [-0.3, -0.25) is 19.6 Å². The largest absolute Gasteiger partial charge is 0.494 e. The first-order valence-electron chi connectivity index (χ1n) is 8.90. The number of nitrogens with zero attached hydrogens (tertiary/aromatic N) is 5. The van der Waals surface area contributed by atoms with Crippen LogP contribution in [-0.2, 0) is 13.1 Å². The van der Waals surface area contributed by atoms with E-state index in [4.69, 9.17) is 9.26 Å². The third-order valence-electron chi connectivity index (χ3n) is 4.19. The molecule has 0 atom stereocenters. The molecule has 0 radical (unpaired) electrons. The summed E-state index contributed by atoms with van der Waals surface area (Å²) in [5.74, 6) is 0.136. The van der Waals surface area contributed by atoms with Crippen LogP contribution in [0.3, 0.4) is 0 Å². The maximum atomic E-state index is 12.3. The number of hydrogen-bond donors (Lipinski definition) is 1. The number of ether oxygens (including phenoxy) is 1. The molecule has 0 aliphatic heterocycles. The number of aromatic nitrogens is 4. The zero-order valence-corrected chi connectivity index (χ0v) is 16.2. The summed E-state index contributed by atoms with van der Waals surface area (Å²) in [5.41, 5.74) is 1.43. The second-order valence-electron chi connectivity index (χ2n) is 6.17. The number of rotatable bonds is 8. The molecule has 11 heteroatoms. The van der Waals surface area contributed by atoms with Crippen molar-refractivity contribution in [2.75, 3.05) is 6.61 Å². The first-order valence-corrected chi connectivity index (χ1v) is 8.90. The third kappa shape index (κ3) is 4.39. The predicted molar refractivity (Wildman–Crippen MR) is 101 cm³/mol. The van der Waals surface area contributed by atoms with Crippen molar-refractivity contribution in [1.29, 1.82) is 0 Å². The molecule has 3 aromatic rings. The van der Waals surface area contributed by atoms with Gasteiger partial charge in [-0.15, -0.1) is 0 Å². The SMILES string of the molecule is CCOc1ccccc1CNC(=O)c1nc(Cn2nc(C)c([N+](=O)[O-])c2C)no1. The van der Waals surface area contributed by atoms with Gasteiger partial charge in [0.1, 0.15) is 23.7 Å². The van der Waals surface area contributed by atoms with E-state index in [1.165, 1.54) is 4.68 Å². The number of para-hydroxylation sites is 1. The highest BCUT2D eigenvalue weighted by Crippen LogP contribution is 2.22. The number of benzene rings is 1. The van der Waals surface area contributed by atoms with Crippen LogP contribution in [0.4, 0.5) is 5.69 Å². The topological polar surface area (TPSA) is 138 Å².